The van der Waals surface area contributed by atoms with Gasteiger partial charge in [0.25, 0.3) is 0 Å². The number of benzene rings is 1. The average molecular weight is 396 g/mol. The Bertz CT molecular complexity index is 863. The van der Waals surface area contributed by atoms with Crippen LogP contribution in [0.15, 0.2) is 42.9 Å². The zero-order valence-corrected chi connectivity index (χ0v) is 16.8. The fourth-order valence-electron chi connectivity index (χ4n) is 5.02. The number of aromatic nitrogens is 2. The van der Waals surface area contributed by atoms with Crippen LogP contribution in [0.1, 0.15) is 5.69 Å². The van der Waals surface area contributed by atoms with Gasteiger partial charge in [0.05, 0.1) is 36.8 Å². The molecule has 1 spiro atoms. The number of urea groups is 1. The first kappa shape index (κ1) is 18.6. The van der Waals surface area contributed by atoms with Crippen molar-refractivity contribution >= 4 is 11.7 Å². The molecule has 0 saturated carbocycles. The fourth-order valence-corrected chi connectivity index (χ4v) is 5.02. The van der Waals surface area contributed by atoms with Gasteiger partial charge in [-0.2, -0.15) is 0 Å². The van der Waals surface area contributed by atoms with Crippen LogP contribution in [0.5, 0.6) is 0 Å². The van der Waals surface area contributed by atoms with Gasteiger partial charge in [-0.05, 0) is 12.1 Å². The van der Waals surface area contributed by atoms with Crippen molar-refractivity contribution in [3.05, 3.63) is 48.5 Å². The molecule has 1 aromatic heterocycles. The van der Waals surface area contributed by atoms with Crippen molar-refractivity contribution in [3.63, 3.8) is 0 Å². The minimum atomic E-state index is -0.0223. The monoisotopic (exact) mass is 396 g/mol. The lowest BCUT2D eigenvalue weighted by Crippen LogP contribution is -2.80. The molecular formula is C21H28N6O2. The van der Waals surface area contributed by atoms with E-state index in [2.05, 4.69) is 24.7 Å². The van der Waals surface area contributed by atoms with Crippen molar-refractivity contribution in [1.29, 1.82) is 0 Å². The Labute approximate surface area is 171 Å². The number of likely N-dealkylation sites (tertiary alicyclic amines) is 1. The molecular weight excluding hydrogens is 368 g/mol. The van der Waals surface area contributed by atoms with E-state index in [0.717, 1.165) is 45.0 Å². The SMILES string of the molecule is Cn1cncc1CN1CC2(C1)CN(C(=O)Nc1ccccc1)C[C@@H]1COCCN12. The molecule has 0 bridgehead atoms. The molecule has 0 unspecified atom stereocenters. The number of imidazole rings is 1. The number of nitrogens with zero attached hydrogens (tertiary/aromatic N) is 5. The maximum absolute atomic E-state index is 13.0. The van der Waals surface area contributed by atoms with Crippen LogP contribution in [0.3, 0.4) is 0 Å². The van der Waals surface area contributed by atoms with Gasteiger partial charge in [0.15, 0.2) is 0 Å². The zero-order chi connectivity index (χ0) is 19.8. The summed E-state index contributed by atoms with van der Waals surface area (Å²) >= 11 is 0. The van der Waals surface area contributed by atoms with E-state index in [4.69, 9.17) is 4.74 Å². The molecule has 8 nitrogen and oxygen atoms in total. The van der Waals surface area contributed by atoms with E-state index >= 15 is 0 Å². The van der Waals surface area contributed by atoms with Gasteiger partial charge in [-0.25, -0.2) is 9.78 Å². The molecule has 5 rings (SSSR count). The number of fused-ring (bicyclic) bond motifs is 2. The summed E-state index contributed by atoms with van der Waals surface area (Å²) in [6.45, 7) is 6.69. The van der Waals surface area contributed by atoms with E-state index in [9.17, 15) is 4.79 Å². The van der Waals surface area contributed by atoms with Gasteiger partial charge in [0.1, 0.15) is 0 Å². The maximum Gasteiger partial charge on any atom is 0.321 e. The van der Waals surface area contributed by atoms with Crippen LogP contribution < -0.4 is 5.32 Å². The summed E-state index contributed by atoms with van der Waals surface area (Å²) in [7, 11) is 2.03. The van der Waals surface area contributed by atoms with Gasteiger partial charge < -0.3 is 19.5 Å². The number of carbonyl (C=O) groups excluding carboxylic acids is 1. The van der Waals surface area contributed by atoms with Gasteiger partial charge in [-0.1, -0.05) is 18.2 Å². The third kappa shape index (κ3) is 3.52. The number of piperazine rings is 1. The summed E-state index contributed by atoms with van der Waals surface area (Å²) in [6, 6.07) is 9.91. The van der Waals surface area contributed by atoms with E-state index in [0.29, 0.717) is 13.2 Å². The Morgan fingerprint density at radius 3 is 2.86 bits per heavy atom. The molecule has 3 saturated heterocycles. The molecule has 154 valence electrons. The van der Waals surface area contributed by atoms with Crippen molar-refractivity contribution in [1.82, 2.24) is 24.3 Å². The number of ether oxygens (including phenoxy) is 1. The van der Waals surface area contributed by atoms with Crippen molar-refractivity contribution < 1.29 is 9.53 Å². The second-order valence-electron chi connectivity index (χ2n) is 8.46. The lowest BCUT2D eigenvalue weighted by Gasteiger charge is -2.63. The van der Waals surface area contributed by atoms with E-state index in [1.54, 1.807) is 0 Å². The van der Waals surface area contributed by atoms with Crippen LogP contribution in [0.25, 0.3) is 0 Å². The largest absolute Gasteiger partial charge is 0.378 e. The maximum atomic E-state index is 13.0. The van der Waals surface area contributed by atoms with Gasteiger partial charge in [0, 0.05) is 58.2 Å². The first-order valence-electron chi connectivity index (χ1n) is 10.3. The van der Waals surface area contributed by atoms with Crippen LogP contribution >= 0.6 is 0 Å². The number of amides is 2. The summed E-state index contributed by atoms with van der Waals surface area (Å²) in [4.78, 5) is 24.2. The average Bonchev–Trinajstić information content (AvgIpc) is 3.12. The van der Waals surface area contributed by atoms with E-state index in [1.165, 1.54) is 5.69 Å². The lowest BCUT2D eigenvalue weighted by atomic mass is 9.82. The van der Waals surface area contributed by atoms with Crippen molar-refractivity contribution in [2.45, 2.75) is 18.1 Å². The number of hydrogen-bond donors (Lipinski definition) is 1. The Kier molecular flexibility index (Phi) is 4.77. The Balaban J connectivity index is 1.29. The van der Waals surface area contributed by atoms with Crippen LogP contribution in [0.2, 0.25) is 0 Å². The number of carbonyl (C=O) groups is 1. The highest BCUT2D eigenvalue weighted by atomic mass is 16.5. The van der Waals surface area contributed by atoms with Crippen LogP contribution in [0, 0.1) is 0 Å². The van der Waals surface area contributed by atoms with E-state index < -0.39 is 0 Å². The summed E-state index contributed by atoms with van der Waals surface area (Å²) in [6.07, 6.45) is 3.78. The molecule has 1 aromatic carbocycles. The van der Waals surface area contributed by atoms with Crippen molar-refractivity contribution in [3.8, 4) is 0 Å². The van der Waals surface area contributed by atoms with E-state index in [1.807, 2.05) is 54.8 Å². The van der Waals surface area contributed by atoms with Gasteiger partial charge in [-0.3, -0.25) is 9.80 Å². The first-order valence-corrected chi connectivity index (χ1v) is 10.3. The minimum Gasteiger partial charge on any atom is -0.378 e. The van der Waals surface area contributed by atoms with E-state index in [-0.39, 0.29) is 17.6 Å². The predicted octanol–water partition coefficient (Wildman–Crippen LogP) is 1.22. The minimum absolute atomic E-state index is 0.0132. The number of para-hydroxylation sites is 1. The van der Waals surface area contributed by atoms with Crippen molar-refractivity contribution in [2.24, 2.45) is 7.05 Å². The molecule has 3 fully saturated rings. The van der Waals surface area contributed by atoms with Crippen LogP contribution in [-0.4, -0.2) is 87.8 Å². The molecule has 8 heteroatoms. The molecule has 1 N–H and O–H groups in total. The predicted molar refractivity (Wildman–Crippen MR) is 110 cm³/mol. The second-order valence-corrected chi connectivity index (χ2v) is 8.46. The number of morpholine rings is 1. The molecule has 2 amide bonds. The molecule has 3 aliphatic rings. The molecule has 1 atom stereocenters. The molecule has 0 aliphatic carbocycles. The highest BCUT2D eigenvalue weighted by molar-refractivity contribution is 5.89. The fraction of sp³-hybridized carbons (Fsp3) is 0.524. The first-order chi connectivity index (χ1) is 14.1. The van der Waals surface area contributed by atoms with Gasteiger partial charge in [0.2, 0.25) is 0 Å². The standard InChI is InChI=1S/C21H28N6O2/c1-24-16-22-9-18(24)10-25-13-21(14-25)15-26(11-19-12-29-8-7-27(19)21)20(28)23-17-5-3-2-4-6-17/h2-6,9,16,19H,7-8,10-15H2,1H3,(H,23,28)/t19-/m1/s1. The van der Waals surface area contributed by atoms with Gasteiger partial charge in [-0.15, -0.1) is 0 Å². The molecule has 4 heterocycles. The Hall–Kier alpha value is -2.42. The summed E-state index contributed by atoms with van der Waals surface area (Å²) in [5, 5.41) is 3.05. The van der Waals surface area contributed by atoms with Crippen molar-refractivity contribution in [2.75, 3.05) is 51.3 Å². The zero-order valence-electron chi connectivity index (χ0n) is 16.8. The summed E-state index contributed by atoms with van der Waals surface area (Å²) < 4.78 is 7.82. The van der Waals surface area contributed by atoms with Gasteiger partial charge >= 0.3 is 6.03 Å². The van der Waals surface area contributed by atoms with Crippen LogP contribution in [0.4, 0.5) is 10.5 Å². The normalized spacial score (nSPS) is 24.2. The molecule has 2 aromatic rings. The summed E-state index contributed by atoms with van der Waals surface area (Å²) in [5.41, 5.74) is 2.06. The highest BCUT2D eigenvalue weighted by Crippen LogP contribution is 2.36. The Morgan fingerprint density at radius 1 is 1.28 bits per heavy atom. The smallest absolute Gasteiger partial charge is 0.321 e. The number of hydrogen-bond acceptors (Lipinski definition) is 5. The third-order valence-corrected chi connectivity index (χ3v) is 6.40. The second kappa shape index (κ2) is 7.44. The third-order valence-electron chi connectivity index (χ3n) is 6.40. The quantitative estimate of drug-likeness (QED) is 0.845. The summed E-state index contributed by atoms with van der Waals surface area (Å²) in [5.74, 6) is 0. The molecule has 0 radical (unpaired) electrons. The lowest BCUT2D eigenvalue weighted by molar-refractivity contribution is -0.159. The van der Waals surface area contributed by atoms with Crippen LogP contribution in [-0.2, 0) is 18.3 Å². The Morgan fingerprint density at radius 2 is 2.10 bits per heavy atom. The number of aryl methyl sites for hydroxylation is 1. The number of nitrogens with one attached hydrogen (secondary N) is 1. The number of rotatable bonds is 3. The number of anilines is 1. The topological polar surface area (TPSA) is 65.9 Å². The molecule has 3 aliphatic heterocycles. The molecule has 29 heavy (non-hydrogen) atoms. The highest BCUT2D eigenvalue weighted by Gasteiger charge is 2.54.